The van der Waals surface area contributed by atoms with Crippen LogP contribution in [0.25, 0.3) is 16.9 Å². The highest BCUT2D eigenvalue weighted by Gasteiger charge is 2.08. The van der Waals surface area contributed by atoms with Crippen LogP contribution >= 0.6 is 15.9 Å². The number of nitrogens with zero attached hydrogens (tertiary/aromatic N) is 4. The summed E-state index contributed by atoms with van der Waals surface area (Å²) in [6, 6.07) is 19.1. The molecule has 2 aromatic carbocycles. The largest absolute Gasteiger partial charge is 0.326 e. The summed E-state index contributed by atoms with van der Waals surface area (Å²) >= 11 is 3.42. The van der Waals surface area contributed by atoms with Crippen LogP contribution in [-0.2, 0) is 11.2 Å². The molecule has 0 aliphatic heterocycles. The number of rotatable bonds is 4. The van der Waals surface area contributed by atoms with Crippen molar-refractivity contribution in [3.8, 4) is 11.3 Å². The van der Waals surface area contributed by atoms with Crippen molar-refractivity contribution in [3.05, 3.63) is 76.5 Å². The summed E-state index contributed by atoms with van der Waals surface area (Å²) < 4.78 is 2.66. The molecule has 0 atom stereocenters. The summed E-state index contributed by atoms with van der Waals surface area (Å²) in [6.07, 6.45) is 0.313. The van der Waals surface area contributed by atoms with Gasteiger partial charge < -0.3 is 5.32 Å². The number of amides is 1. The van der Waals surface area contributed by atoms with Crippen LogP contribution in [0.4, 0.5) is 5.69 Å². The second-order valence-electron chi connectivity index (χ2n) is 6.17. The molecular weight excluding hydrogens is 406 g/mol. The van der Waals surface area contributed by atoms with E-state index in [1.165, 1.54) is 0 Å². The van der Waals surface area contributed by atoms with Crippen molar-refractivity contribution in [1.29, 1.82) is 0 Å². The van der Waals surface area contributed by atoms with Gasteiger partial charge in [-0.15, -0.1) is 10.2 Å². The molecule has 0 fully saturated rings. The topological polar surface area (TPSA) is 72.2 Å². The Kier molecular flexibility index (Phi) is 4.68. The van der Waals surface area contributed by atoms with E-state index in [0.717, 1.165) is 32.8 Å². The lowest BCUT2D eigenvalue weighted by atomic mass is 10.1. The first-order chi connectivity index (χ1) is 13.1. The predicted molar refractivity (Wildman–Crippen MR) is 107 cm³/mol. The highest BCUT2D eigenvalue weighted by atomic mass is 79.9. The average Bonchev–Trinajstić information content (AvgIpc) is 3.02. The second-order valence-corrected chi connectivity index (χ2v) is 7.09. The standard InChI is InChI=1S/C20H16BrN5O/c1-13-23-24-19-9-8-18(25-26(13)19)15-5-3-7-17(12-15)22-20(27)11-14-4-2-6-16(21)10-14/h2-10,12H,11H2,1H3,(H,22,27). The maximum absolute atomic E-state index is 12.4. The van der Waals surface area contributed by atoms with E-state index < -0.39 is 0 Å². The Morgan fingerprint density at radius 2 is 1.93 bits per heavy atom. The summed E-state index contributed by atoms with van der Waals surface area (Å²) in [5.74, 6) is 0.661. The summed E-state index contributed by atoms with van der Waals surface area (Å²) in [5, 5.41) is 15.6. The Morgan fingerprint density at radius 1 is 1.07 bits per heavy atom. The third-order valence-corrected chi connectivity index (χ3v) is 4.61. The first-order valence-electron chi connectivity index (χ1n) is 8.42. The van der Waals surface area contributed by atoms with Crippen LogP contribution in [0.5, 0.6) is 0 Å². The molecule has 0 unspecified atom stereocenters. The first kappa shape index (κ1) is 17.4. The number of halogens is 1. The van der Waals surface area contributed by atoms with Gasteiger partial charge in [-0.05, 0) is 48.9 Å². The normalized spacial score (nSPS) is 10.9. The third kappa shape index (κ3) is 3.88. The second kappa shape index (κ2) is 7.28. The fraction of sp³-hybridized carbons (Fsp3) is 0.100. The Labute approximate surface area is 164 Å². The molecule has 4 aromatic rings. The lowest BCUT2D eigenvalue weighted by Gasteiger charge is -2.08. The number of hydrogen-bond acceptors (Lipinski definition) is 4. The van der Waals surface area contributed by atoms with Crippen molar-refractivity contribution in [3.63, 3.8) is 0 Å². The highest BCUT2D eigenvalue weighted by Crippen LogP contribution is 2.21. The van der Waals surface area contributed by atoms with Crippen LogP contribution in [0.3, 0.4) is 0 Å². The van der Waals surface area contributed by atoms with Gasteiger partial charge in [0.05, 0.1) is 12.1 Å². The van der Waals surface area contributed by atoms with Crippen LogP contribution in [0.2, 0.25) is 0 Å². The molecule has 0 radical (unpaired) electrons. The number of anilines is 1. The molecule has 1 amide bonds. The molecule has 2 aromatic heterocycles. The van der Waals surface area contributed by atoms with E-state index in [2.05, 4.69) is 36.5 Å². The van der Waals surface area contributed by atoms with Crippen molar-refractivity contribution in [2.75, 3.05) is 5.32 Å². The van der Waals surface area contributed by atoms with E-state index in [1.807, 2.05) is 67.6 Å². The van der Waals surface area contributed by atoms with E-state index in [1.54, 1.807) is 4.52 Å². The molecular formula is C20H16BrN5O. The molecule has 4 rings (SSSR count). The number of carbonyl (C=O) groups is 1. The molecule has 2 heterocycles. The predicted octanol–water partition coefficient (Wildman–Crippen LogP) is 4.04. The van der Waals surface area contributed by atoms with E-state index >= 15 is 0 Å². The number of aryl methyl sites for hydroxylation is 1. The van der Waals surface area contributed by atoms with Gasteiger partial charge in [0.1, 0.15) is 0 Å². The maximum Gasteiger partial charge on any atom is 0.228 e. The molecule has 1 N–H and O–H groups in total. The van der Waals surface area contributed by atoms with Crippen LogP contribution in [0, 0.1) is 6.92 Å². The monoisotopic (exact) mass is 421 g/mol. The van der Waals surface area contributed by atoms with Gasteiger partial charge in [0.15, 0.2) is 11.5 Å². The van der Waals surface area contributed by atoms with Gasteiger partial charge in [0.25, 0.3) is 0 Å². The fourth-order valence-corrected chi connectivity index (χ4v) is 3.29. The maximum atomic E-state index is 12.4. The Hall–Kier alpha value is -3.06. The number of fused-ring (bicyclic) bond motifs is 1. The van der Waals surface area contributed by atoms with Crippen molar-refractivity contribution < 1.29 is 4.79 Å². The summed E-state index contributed by atoms with van der Waals surface area (Å²) in [4.78, 5) is 12.4. The quantitative estimate of drug-likeness (QED) is 0.539. The minimum absolute atomic E-state index is 0.0664. The van der Waals surface area contributed by atoms with Gasteiger partial charge in [-0.25, -0.2) is 0 Å². The van der Waals surface area contributed by atoms with Crippen molar-refractivity contribution in [1.82, 2.24) is 19.8 Å². The molecule has 0 aliphatic carbocycles. The van der Waals surface area contributed by atoms with Gasteiger partial charge in [-0.2, -0.15) is 9.61 Å². The number of benzene rings is 2. The van der Waals surface area contributed by atoms with Crippen LogP contribution in [0.1, 0.15) is 11.4 Å². The molecule has 6 nitrogen and oxygen atoms in total. The zero-order valence-corrected chi connectivity index (χ0v) is 16.1. The minimum atomic E-state index is -0.0664. The molecule has 7 heteroatoms. The zero-order chi connectivity index (χ0) is 18.8. The van der Waals surface area contributed by atoms with E-state index in [0.29, 0.717) is 12.1 Å². The number of aromatic nitrogens is 4. The fourth-order valence-electron chi connectivity index (χ4n) is 2.84. The van der Waals surface area contributed by atoms with Crippen LogP contribution in [0.15, 0.2) is 65.1 Å². The molecule has 0 spiro atoms. The Morgan fingerprint density at radius 3 is 2.78 bits per heavy atom. The summed E-state index contributed by atoms with van der Waals surface area (Å²) in [6.45, 7) is 1.86. The Balaban J connectivity index is 1.54. The molecule has 0 saturated heterocycles. The molecule has 0 saturated carbocycles. The highest BCUT2D eigenvalue weighted by molar-refractivity contribution is 9.10. The molecule has 0 bridgehead atoms. The lowest BCUT2D eigenvalue weighted by molar-refractivity contribution is -0.115. The van der Waals surface area contributed by atoms with Crippen molar-refractivity contribution >= 4 is 33.2 Å². The molecule has 27 heavy (non-hydrogen) atoms. The third-order valence-electron chi connectivity index (χ3n) is 4.11. The number of nitrogens with one attached hydrogen (secondary N) is 1. The molecule has 0 aliphatic rings. The van der Waals surface area contributed by atoms with Gasteiger partial charge in [-0.3, -0.25) is 4.79 Å². The minimum Gasteiger partial charge on any atom is -0.326 e. The summed E-state index contributed by atoms with van der Waals surface area (Å²) in [7, 11) is 0. The summed E-state index contributed by atoms with van der Waals surface area (Å²) in [5.41, 5.74) is 4.08. The van der Waals surface area contributed by atoms with E-state index in [-0.39, 0.29) is 5.91 Å². The van der Waals surface area contributed by atoms with Crippen LogP contribution in [-0.4, -0.2) is 25.7 Å². The average molecular weight is 422 g/mol. The van der Waals surface area contributed by atoms with Gasteiger partial charge in [-0.1, -0.05) is 40.2 Å². The Bertz CT molecular complexity index is 1140. The van der Waals surface area contributed by atoms with Gasteiger partial charge in [0.2, 0.25) is 5.91 Å². The lowest BCUT2D eigenvalue weighted by Crippen LogP contribution is -2.14. The van der Waals surface area contributed by atoms with Gasteiger partial charge in [0, 0.05) is 15.7 Å². The van der Waals surface area contributed by atoms with E-state index in [9.17, 15) is 4.79 Å². The van der Waals surface area contributed by atoms with Crippen LogP contribution < -0.4 is 5.32 Å². The first-order valence-corrected chi connectivity index (χ1v) is 9.21. The van der Waals surface area contributed by atoms with Crippen molar-refractivity contribution in [2.45, 2.75) is 13.3 Å². The number of carbonyl (C=O) groups excluding carboxylic acids is 1. The zero-order valence-electron chi connectivity index (χ0n) is 14.6. The smallest absolute Gasteiger partial charge is 0.228 e. The van der Waals surface area contributed by atoms with E-state index in [4.69, 9.17) is 0 Å². The van der Waals surface area contributed by atoms with Gasteiger partial charge >= 0.3 is 0 Å². The number of hydrogen-bond donors (Lipinski definition) is 1. The molecule has 134 valence electrons. The SMILES string of the molecule is Cc1nnc2ccc(-c3cccc(NC(=O)Cc4cccc(Br)c4)c3)nn12. The van der Waals surface area contributed by atoms with Crippen molar-refractivity contribution in [2.24, 2.45) is 0 Å².